The second-order valence-corrected chi connectivity index (χ2v) is 0. The summed E-state index contributed by atoms with van der Waals surface area (Å²) >= 11 is 0. The maximum Gasteiger partial charge on any atom is 2.00 e. The van der Waals surface area contributed by atoms with Crippen LogP contribution in [0.1, 0.15) is 0 Å². The van der Waals surface area contributed by atoms with E-state index in [1.54, 1.807) is 0 Å². The molecule has 0 saturated carbocycles. The van der Waals surface area contributed by atoms with Crippen molar-refractivity contribution in [3.05, 3.63) is 0 Å². The van der Waals surface area contributed by atoms with E-state index in [4.69, 9.17) is 0 Å². The standard InChI is InChI=1S/3Ca.4H2O.Ti/h;;;4*1H2;/q3*+2;;;;;/p-4. The van der Waals surface area contributed by atoms with E-state index in [9.17, 15) is 0 Å². The summed E-state index contributed by atoms with van der Waals surface area (Å²) in [7, 11) is 0. The predicted octanol–water partition coefficient (Wildman–Crippen LogP) is -1.85. The van der Waals surface area contributed by atoms with E-state index in [-0.39, 0.29) is 157 Å². The Bertz CT molecular complexity index is 11.2. The molecule has 4 N–H and O–H groups in total. The van der Waals surface area contributed by atoms with Crippen LogP contribution >= 0.6 is 0 Å². The molecular formula is H4Ca3O4Ti+2. The first-order valence-electron chi connectivity index (χ1n) is 0. The first kappa shape index (κ1) is 84.4. The first-order chi connectivity index (χ1) is 0. The van der Waals surface area contributed by atoms with Gasteiger partial charge < -0.3 is 21.9 Å². The van der Waals surface area contributed by atoms with Crippen molar-refractivity contribution < 1.29 is 43.6 Å². The Morgan fingerprint density at radius 2 is 0.375 bits per heavy atom. The van der Waals surface area contributed by atoms with Gasteiger partial charge in [-0.25, -0.2) is 0 Å². The van der Waals surface area contributed by atoms with Crippen molar-refractivity contribution in [2.45, 2.75) is 0 Å². The van der Waals surface area contributed by atoms with Crippen LogP contribution in [0.4, 0.5) is 0 Å². The van der Waals surface area contributed by atoms with E-state index in [2.05, 4.69) is 0 Å². The fourth-order valence-electron chi connectivity index (χ4n) is 0. The van der Waals surface area contributed by atoms with Gasteiger partial charge in [0.15, 0.2) is 0 Å². The third-order valence-electron chi connectivity index (χ3n) is 0. The summed E-state index contributed by atoms with van der Waals surface area (Å²) in [6, 6.07) is 0. The molecule has 0 aliphatic carbocycles. The summed E-state index contributed by atoms with van der Waals surface area (Å²) in [6.07, 6.45) is 0. The third kappa shape index (κ3) is 47.9. The molecule has 8 heteroatoms. The van der Waals surface area contributed by atoms with E-state index in [1.165, 1.54) is 0 Å². The van der Waals surface area contributed by atoms with Crippen LogP contribution in [-0.2, 0) is 21.7 Å². The zero-order valence-electron chi connectivity index (χ0n) is 4.41. The molecule has 0 saturated heterocycles. The largest absolute Gasteiger partial charge is 2.00 e. The minimum atomic E-state index is 0. The maximum absolute atomic E-state index is 0. The topological polar surface area (TPSA) is 120 Å². The molecule has 0 aliphatic heterocycles. The zero-order valence-corrected chi connectivity index (χ0v) is 12.6. The van der Waals surface area contributed by atoms with Crippen LogP contribution in [0.2, 0.25) is 0 Å². The Morgan fingerprint density at radius 3 is 0.375 bits per heavy atom. The average molecular weight is 236 g/mol. The van der Waals surface area contributed by atoms with E-state index < -0.39 is 0 Å². The normalized spacial score (nSPS) is 0. The molecule has 36 valence electrons. The summed E-state index contributed by atoms with van der Waals surface area (Å²) in [6.45, 7) is 0. The molecule has 0 unspecified atom stereocenters. The molecule has 0 spiro atoms. The molecule has 0 rings (SSSR count). The quantitative estimate of drug-likeness (QED) is 0.458. The first-order valence-corrected chi connectivity index (χ1v) is 0. The van der Waals surface area contributed by atoms with Gasteiger partial charge in [-0.1, -0.05) is 0 Å². The van der Waals surface area contributed by atoms with E-state index in [1.807, 2.05) is 0 Å². The van der Waals surface area contributed by atoms with Crippen molar-refractivity contribution in [1.29, 1.82) is 0 Å². The van der Waals surface area contributed by atoms with Gasteiger partial charge in [0.1, 0.15) is 0 Å². The van der Waals surface area contributed by atoms with Crippen LogP contribution in [0.15, 0.2) is 0 Å². The Kier molecular flexibility index (Phi) is 680. The summed E-state index contributed by atoms with van der Waals surface area (Å²) in [5.41, 5.74) is 0. The average Bonchev–Trinajstić information content (AvgIpc) is 0. The Labute approximate surface area is 153 Å². The molecule has 0 bridgehead atoms. The van der Waals surface area contributed by atoms with Crippen molar-refractivity contribution in [1.82, 2.24) is 0 Å². The third-order valence-corrected chi connectivity index (χ3v) is 0. The van der Waals surface area contributed by atoms with Crippen molar-refractivity contribution in [3.63, 3.8) is 0 Å². The van der Waals surface area contributed by atoms with Crippen molar-refractivity contribution >= 4 is 113 Å². The van der Waals surface area contributed by atoms with Gasteiger partial charge in [-0.2, -0.15) is 0 Å². The van der Waals surface area contributed by atoms with E-state index in [0.29, 0.717) is 0 Å². The minimum absolute atomic E-state index is 0. The molecule has 0 aromatic heterocycles. The van der Waals surface area contributed by atoms with Gasteiger partial charge in [0.25, 0.3) is 0 Å². The molecule has 0 aliphatic rings. The molecule has 0 amide bonds. The van der Waals surface area contributed by atoms with Crippen molar-refractivity contribution in [2.24, 2.45) is 0 Å². The Hall–Kier alpha value is 4.33. The molecule has 0 fully saturated rings. The van der Waals surface area contributed by atoms with Gasteiger partial charge in [-0.3, -0.25) is 0 Å². The number of hydrogen-bond acceptors (Lipinski definition) is 4. The van der Waals surface area contributed by atoms with E-state index in [0.717, 1.165) is 0 Å². The van der Waals surface area contributed by atoms with Crippen LogP contribution in [0, 0.1) is 0 Å². The monoisotopic (exact) mass is 236 g/mol. The van der Waals surface area contributed by atoms with Crippen LogP contribution in [0.3, 0.4) is 0 Å². The fourth-order valence-corrected chi connectivity index (χ4v) is 0. The van der Waals surface area contributed by atoms with Gasteiger partial charge in [-0.15, -0.1) is 0 Å². The summed E-state index contributed by atoms with van der Waals surface area (Å²) in [5.74, 6) is 0. The van der Waals surface area contributed by atoms with Crippen LogP contribution < -0.4 is 0 Å². The van der Waals surface area contributed by atoms with Crippen molar-refractivity contribution in [3.8, 4) is 0 Å². The summed E-state index contributed by atoms with van der Waals surface area (Å²) in [5, 5.41) is 0. The zero-order chi connectivity index (χ0) is 0. The van der Waals surface area contributed by atoms with Crippen molar-refractivity contribution in [2.75, 3.05) is 0 Å². The molecule has 0 heterocycles. The molecule has 0 radical (unpaired) electrons. The Balaban J connectivity index is 0. The number of rotatable bonds is 0. The Morgan fingerprint density at radius 1 is 0.375 bits per heavy atom. The van der Waals surface area contributed by atoms with Gasteiger partial charge in [-0.05, 0) is 0 Å². The molecule has 4 nitrogen and oxygen atoms in total. The maximum atomic E-state index is 0. The molecule has 0 aromatic carbocycles. The van der Waals surface area contributed by atoms with Crippen LogP contribution in [-0.4, -0.2) is 135 Å². The molecule has 8 heavy (non-hydrogen) atoms. The van der Waals surface area contributed by atoms with Gasteiger partial charge in [0.05, 0.1) is 0 Å². The second kappa shape index (κ2) is 64.4. The van der Waals surface area contributed by atoms with Gasteiger partial charge >= 0.3 is 113 Å². The van der Waals surface area contributed by atoms with Gasteiger partial charge in [0, 0.05) is 21.7 Å². The van der Waals surface area contributed by atoms with Crippen LogP contribution in [0.25, 0.3) is 0 Å². The SMILES string of the molecule is [Ca+2].[Ca+2].[Ca+2].[OH-].[OH-].[OH-].[OH-].[Ti]. The summed E-state index contributed by atoms with van der Waals surface area (Å²) in [4.78, 5) is 0. The van der Waals surface area contributed by atoms with Gasteiger partial charge in [0.2, 0.25) is 0 Å². The van der Waals surface area contributed by atoms with E-state index >= 15 is 0 Å². The molecule has 0 atom stereocenters. The molecule has 0 aromatic rings. The molecular weight excluding hydrogens is 232 g/mol. The smallest absolute Gasteiger partial charge is 0.870 e. The predicted molar refractivity (Wildman–Crippen MR) is 25.0 cm³/mol. The summed E-state index contributed by atoms with van der Waals surface area (Å²) < 4.78 is 0. The minimum Gasteiger partial charge on any atom is -0.870 e. The fraction of sp³-hybridized carbons (Fsp3) is 0. The van der Waals surface area contributed by atoms with Crippen LogP contribution in [0.5, 0.6) is 0 Å². The second-order valence-electron chi connectivity index (χ2n) is 0. The number of hydrogen-bond donors (Lipinski definition) is 0.